The van der Waals surface area contributed by atoms with Gasteiger partial charge in [-0.05, 0) is 45.4 Å². The third-order valence-corrected chi connectivity index (χ3v) is 3.74. The summed E-state index contributed by atoms with van der Waals surface area (Å²) in [6.07, 6.45) is 8.18. The van der Waals surface area contributed by atoms with E-state index in [1.165, 1.54) is 38.5 Å². The van der Waals surface area contributed by atoms with Crippen molar-refractivity contribution in [2.45, 2.75) is 64.8 Å². The molecule has 1 saturated carbocycles. The lowest BCUT2D eigenvalue weighted by Gasteiger charge is -2.39. The van der Waals surface area contributed by atoms with Crippen LogP contribution in [0.15, 0.2) is 0 Å². The lowest BCUT2D eigenvalue weighted by atomic mass is 9.71. The molecule has 1 aliphatic rings. The van der Waals surface area contributed by atoms with E-state index < -0.39 is 0 Å². The van der Waals surface area contributed by atoms with Gasteiger partial charge in [-0.1, -0.05) is 19.3 Å². The molecule has 1 N–H and O–H groups in total. The van der Waals surface area contributed by atoms with Gasteiger partial charge < -0.3 is 10.1 Å². The van der Waals surface area contributed by atoms with Crippen molar-refractivity contribution in [1.29, 1.82) is 0 Å². The summed E-state index contributed by atoms with van der Waals surface area (Å²) >= 11 is 0. The summed E-state index contributed by atoms with van der Waals surface area (Å²) in [4.78, 5) is 0. The first-order chi connectivity index (χ1) is 7.47. The molecule has 0 atom stereocenters. The van der Waals surface area contributed by atoms with Gasteiger partial charge in [0.2, 0.25) is 0 Å². The van der Waals surface area contributed by atoms with Crippen molar-refractivity contribution in [3.05, 3.63) is 0 Å². The van der Waals surface area contributed by atoms with Gasteiger partial charge in [-0.15, -0.1) is 0 Å². The van der Waals surface area contributed by atoms with E-state index in [0.29, 0.717) is 5.41 Å². The van der Waals surface area contributed by atoms with Gasteiger partial charge in [0.15, 0.2) is 0 Å². The third kappa shape index (κ3) is 4.84. The maximum atomic E-state index is 5.27. The van der Waals surface area contributed by atoms with Crippen LogP contribution in [0.3, 0.4) is 0 Å². The Hall–Kier alpha value is -0.0800. The molecular weight excluding hydrogens is 198 g/mol. The Kier molecular flexibility index (Phi) is 5.26. The molecule has 16 heavy (non-hydrogen) atoms. The van der Waals surface area contributed by atoms with Crippen molar-refractivity contribution >= 4 is 0 Å². The summed E-state index contributed by atoms with van der Waals surface area (Å²) in [6, 6.07) is 0. The Bertz CT molecular complexity index is 189. The van der Waals surface area contributed by atoms with Crippen molar-refractivity contribution in [1.82, 2.24) is 5.32 Å². The second-order valence-electron chi connectivity index (χ2n) is 6.41. The van der Waals surface area contributed by atoms with Gasteiger partial charge in [-0.3, -0.25) is 0 Å². The number of methoxy groups -OCH3 is 1. The van der Waals surface area contributed by atoms with Crippen LogP contribution in [0.1, 0.15) is 59.3 Å². The summed E-state index contributed by atoms with van der Waals surface area (Å²) < 4.78 is 5.27. The van der Waals surface area contributed by atoms with Crippen molar-refractivity contribution < 1.29 is 4.74 Å². The SMILES string of the molecule is COCCC1(CNC(C)(C)C)CCCCC1. The molecule has 0 bridgehead atoms. The number of ether oxygens (including phenoxy) is 1. The van der Waals surface area contributed by atoms with E-state index in [1.807, 2.05) is 7.11 Å². The Morgan fingerprint density at radius 1 is 1.12 bits per heavy atom. The van der Waals surface area contributed by atoms with E-state index >= 15 is 0 Å². The minimum Gasteiger partial charge on any atom is -0.385 e. The smallest absolute Gasteiger partial charge is 0.0468 e. The van der Waals surface area contributed by atoms with Gasteiger partial charge in [0, 0.05) is 25.8 Å². The molecule has 0 aromatic rings. The minimum atomic E-state index is 0.234. The highest BCUT2D eigenvalue weighted by Crippen LogP contribution is 2.39. The van der Waals surface area contributed by atoms with Crippen molar-refractivity contribution in [2.75, 3.05) is 20.3 Å². The topological polar surface area (TPSA) is 21.3 Å². The fraction of sp³-hybridized carbons (Fsp3) is 1.00. The molecule has 0 aromatic carbocycles. The normalized spacial score (nSPS) is 21.0. The van der Waals surface area contributed by atoms with Gasteiger partial charge in [0.1, 0.15) is 0 Å². The molecule has 0 aromatic heterocycles. The van der Waals surface area contributed by atoms with Crippen LogP contribution in [0, 0.1) is 5.41 Å². The fourth-order valence-electron chi connectivity index (χ4n) is 2.59. The minimum absolute atomic E-state index is 0.234. The summed E-state index contributed by atoms with van der Waals surface area (Å²) in [5.74, 6) is 0. The van der Waals surface area contributed by atoms with Crippen molar-refractivity contribution in [2.24, 2.45) is 5.41 Å². The average molecular weight is 227 g/mol. The number of hydrogen-bond acceptors (Lipinski definition) is 2. The Morgan fingerprint density at radius 2 is 1.75 bits per heavy atom. The monoisotopic (exact) mass is 227 g/mol. The molecule has 0 saturated heterocycles. The van der Waals surface area contributed by atoms with Crippen molar-refractivity contribution in [3.63, 3.8) is 0 Å². The van der Waals surface area contributed by atoms with Crippen LogP contribution in [0.25, 0.3) is 0 Å². The first kappa shape index (κ1) is 14.0. The highest BCUT2D eigenvalue weighted by Gasteiger charge is 2.32. The Balaban J connectivity index is 2.48. The van der Waals surface area contributed by atoms with Gasteiger partial charge in [-0.2, -0.15) is 0 Å². The zero-order chi connectivity index (χ0) is 12.1. The lowest BCUT2D eigenvalue weighted by Crippen LogP contribution is -2.45. The number of nitrogens with one attached hydrogen (secondary N) is 1. The van der Waals surface area contributed by atoms with E-state index in [4.69, 9.17) is 4.74 Å². The van der Waals surface area contributed by atoms with Gasteiger partial charge in [0.25, 0.3) is 0 Å². The first-order valence-corrected chi connectivity index (χ1v) is 6.71. The summed E-state index contributed by atoms with van der Waals surface area (Å²) in [6.45, 7) is 8.81. The molecule has 0 aliphatic heterocycles. The molecule has 1 rings (SSSR count). The first-order valence-electron chi connectivity index (χ1n) is 6.71. The van der Waals surface area contributed by atoms with Crippen LogP contribution >= 0.6 is 0 Å². The largest absolute Gasteiger partial charge is 0.385 e. The van der Waals surface area contributed by atoms with E-state index in [-0.39, 0.29) is 5.54 Å². The van der Waals surface area contributed by atoms with E-state index in [9.17, 15) is 0 Å². The maximum Gasteiger partial charge on any atom is 0.0468 e. The molecule has 0 spiro atoms. The predicted octanol–water partition coefficient (Wildman–Crippen LogP) is 3.36. The van der Waals surface area contributed by atoms with Crippen LogP contribution in [-0.2, 0) is 4.74 Å². The Labute approximate surface area is 101 Å². The van der Waals surface area contributed by atoms with Crippen LogP contribution in [0.4, 0.5) is 0 Å². The highest BCUT2D eigenvalue weighted by molar-refractivity contribution is 4.87. The van der Waals surface area contributed by atoms with Crippen molar-refractivity contribution in [3.8, 4) is 0 Å². The summed E-state index contributed by atoms with van der Waals surface area (Å²) in [7, 11) is 1.81. The molecule has 0 amide bonds. The molecule has 0 unspecified atom stereocenters. The van der Waals surface area contributed by atoms with Crippen LogP contribution in [-0.4, -0.2) is 25.8 Å². The van der Waals surface area contributed by atoms with E-state index in [1.54, 1.807) is 0 Å². The summed E-state index contributed by atoms with van der Waals surface area (Å²) in [5, 5.41) is 3.69. The second-order valence-corrected chi connectivity index (χ2v) is 6.41. The number of rotatable bonds is 5. The van der Waals surface area contributed by atoms with E-state index in [2.05, 4.69) is 26.1 Å². The zero-order valence-electron chi connectivity index (χ0n) is 11.6. The quantitative estimate of drug-likeness (QED) is 0.777. The van der Waals surface area contributed by atoms with E-state index in [0.717, 1.165) is 13.2 Å². The summed E-state index contributed by atoms with van der Waals surface area (Å²) in [5.41, 5.74) is 0.735. The predicted molar refractivity (Wildman–Crippen MR) is 69.8 cm³/mol. The second kappa shape index (κ2) is 6.02. The molecule has 0 radical (unpaired) electrons. The molecule has 1 fully saturated rings. The molecule has 96 valence electrons. The average Bonchev–Trinajstić information content (AvgIpc) is 2.24. The van der Waals surface area contributed by atoms with Gasteiger partial charge in [0.05, 0.1) is 0 Å². The van der Waals surface area contributed by atoms with Crippen LogP contribution in [0.5, 0.6) is 0 Å². The highest BCUT2D eigenvalue weighted by atomic mass is 16.5. The molecule has 2 heteroatoms. The standard InChI is InChI=1S/C14H29NO/c1-13(2,3)15-12-14(10-11-16-4)8-6-5-7-9-14/h15H,5-12H2,1-4H3. The number of hydrogen-bond donors (Lipinski definition) is 1. The third-order valence-electron chi connectivity index (χ3n) is 3.74. The molecule has 1 aliphatic carbocycles. The van der Waals surface area contributed by atoms with Gasteiger partial charge in [-0.25, -0.2) is 0 Å². The zero-order valence-corrected chi connectivity index (χ0v) is 11.6. The van der Waals surface area contributed by atoms with Gasteiger partial charge >= 0.3 is 0 Å². The molecule has 0 heterocycles. The van der Waals surface area contributed by atoms with Crippen LogP contribution in [0.2, 0.25) is 0 Å². The molecule has 2 nitrogen and oxygen atoms in total. The fourth-order valence-corrected chi connectivity index (χ4v) is 2.59. The maximum absolute atomic E-state index is 5.27. The Morgan fingerprint density at radius 3 is 2.25 bits per heavy atom. The van der Waals surface area contributed by atoms with Crippen LogP contribution < -0.4 is 5.32 Å². The lowest BCUT2D eigenvalue weighted by molar-refractivity contribution is 0.0949. The molecular formula is C14H29NO.